The van der Waals surface area contributed by atoms with Crippen molar-refractivity contribution >= 4 is 17.9 Å². The molecule has 0 aliphatic heterocycles. The summed E-state index contributed by atoms with van der Waals surface area (Å²) >= 11 is 0. The first-order valence-electron chi connectivity index (χ1n) is 26.7. The van der Waals surface area contributed by atoms with Gasteiger partial charge >= 0.3 is 17.9 Å². The van der Waals surface area contributed by atoms with Crippen LogP contribution in [-0.2, 0) is 28.6 Å². The quantitative estimate of drug-likeness (QED) is 0.0263. The van der Waals surface area contributed by atoms with Crippen molar-refractivity contribution < 1.29 is 28.6 Å². The van der Waals surface area contributed by atoms with E-state index in [1.807, 2.05) is 0 Å². The summed E-state index contributed by atoms with van der Waals surface area (Å²) in [6.45, 7) is 6.66. The van der Waals surface area contributed by atoms with E-state index in [0.29, 0.717) is 19.3 Å². The van der Waals surface area contributed by atoms with Crippen LogP contribution in [-0.4, -0.2) is 37.2 Å². The Labute approximate surface area is 373 Å². The molecule has 0 fully saturated rings. The number of esters is 3. The van der Waals surface area contributed by atoms with Crippen LogP contribution in [0, 0.1) is 0 Å². The Morgan fingerprint density at radius 3 is 0.833 bits per heavy atom. The summed E-state index contributed by atoms with van der Waals surface area (Å²) in [5, 5.41) is 0. The highest BCUT2D eigenvalue weighted by molar-refractivity contribution is 5.71. The fraction of sp³-hybridized carbons (Fsp3) is 0.907. The van der Waals surface area contributed by atoms with Crippen LogP contribution in [0.3, 0.4) is 0 Å². The van der Waals surface area contributed by atoms with Gasteiger partial charge in [0.15, 0.2) is 6.10 Å². The second kappa shape index (κ2) is 49.8. The van der Waals surface area contributed by atoms with Crippen LogP contribution in [0.4, 0.5) is 0 Å². The number of hydrogen-bond acceptors (Lipinski definition) is 6. The molecular weight excluding hydrogens is 745 g/mol. The van der Waals surface area contributed by atoms with Crippen LogP contribution >= 0.6 is 0 Å². The average Bonchev–Trinajstić information content (AvgIpc) is 3.24. The molecule has 6 heteroatoms. The van der Waals surface area contributed by atoms with Crippen molar-refractivity contribution in [2.45, 2.75) is 303 Å². The van der Waals surface area contributed by atoms with Gasteiger partial charge in [0.25, 0.3) is 0 Å². The molecule has 0 aliphatic rings. The highest BCUT2D eigenvalue weighted by Crippen LogP contribution is 2.16. The Bertz CT molecular complexity index is 931. The normalized spacial score (nSPS) is 12.0. The molecule has 0 bridgehead atoms. The lowest BCUT2D eigenvalue weighted by Crippen LogP contribution is -2.30. The molecular formula is C54H102O6. The van der Waals surface area contributed by atoms with E-state index < -0.39 is 6.10 Å². The lowest BCUT2D eigenvalue weighted by atomic mass is 10.0. The third kappa shape index (κ3) is 47.2. The molecule has 0 aromatic rings. The second-order valence-corrected chi connectivity index (χ2v) is 18.2. The molecule has 0 saturated heterocycles. The van der Waals surface area contributed by atoms with Crippen molar-refractivity contribution in [2.75, 3.05) is 13.2 Å². The minimum atomic E-state index is -0.766. The van der Waals surface area contributed by atoms with E-state index in [9.17, 15) is 14.4 Å². The molecule has 0 radical (unpaired) electrons. The topological polar surface area (TPSA) is 78.9 Å². The second-order valence-electron chi connectivity index (χ2n) is 18.2. The summed E-state index contributed by atoms with van der Waals surface area (Å²) in [6, 6.07) is 0. The average molecular weight is 847 g/mol. The predicted molar refractivity (Wildman–Crippen MR) is 256 cm³/mol. The van der Waals surface area contributed by atoms with Crippen LogP contribution in [0.25, 0.3) is 0 Å². The number of hydrogen-bond donors (Lipinski definition) is 0. The Kier molecular flexibility index (Phi) is 48.3. The molecule has 0 rings (SSSR count). The van der Waals surface area contributed by atoms with Gasteiger partial charge in [-0.1, -0.05) is 245 Å². The van der Waals surface area contributed by atoms with Gasteiger partial charge in [0.05, 0.1) is 0 Å². The summed E-state index contributed by atoms with van der Waals surface area (Å²) in [5.41, 5.74) is 0. The number of rotatable bonds is 49. The van der Waals surface area contributed by atoms with E-state index in [0.717, 1.165) is 64.2 Å². The van der Waals surface area contributed by atoms with Gasteiger partial charge in [-0.25, -0.2) is 0 Å². The minimum absolute atomic E-state index is 0.0671. The molecule has 6 nitrogen and oxygen atoms in total. The lowest BCUT2D eigenvalue weighted by Gasteiger charge is -2.18. The highest BCUT2D eigenvalue weighted by Gasteiger charge is 2.19. The third-order valence-electron chi connectivity index (χ3n) is 12.0. The van der Waals surface area contributed by atoms with Crippen molar-refractivity contribution in [3.8, 4) is 0 Å². The molecule has 1 atom stereocenters. The van der Waals surface area contributed by atoms with Crippen molar-refractivity contribution in [2.24, 2.45) is 0 Å². The van der Waals surface area contributed by atoms with Crippen LogP contribution in [0.1, 0.15) is 297 Å². The van der Waals surface area contributed by atoms with Gasteiger partial charge in [0.2, 0.25) is 0 Å². The molecule has 0 aromatic heterocycles. The zero-order chi connectivity index (χ0) is 43.7. The summed E-state index contributed by atoms with van der Waals surface area (Å²) in [5.74, 6) is -0.858. The van der Waals surface area contributed by atoms with Gasteiger partial charge in [-0.05, 0) is 44.9 Å². The molecule has 0 heterocycles. The van der Waals surface area contributed by atoms with E-state index >= 15 is 0 Å². The Morgan fingerprint density at radius 1 is 0.317 bits per heavy atom. The molecule has 0 aromatic carbocycles. The molecule has 0 spiro atoms. The lowest BCUT2D eigenvalue weighted by molar-refractivity contribution is -0.167. The van der Waals surface area contributed by atoms with Crippen molar-refractivity contribution in [3.05, 3.63) is 12.2 Å². The van der Waals surface area contributed by atoms with E-state index in [-0.39, 0.29) is 31.1 Å². The molecule has 0 aliphatic carbocycles. The van der Waals surface area contributed by atoms with Gasteiger partial charge in [0.1, 0.15) is 13.2 Å². The number of carbonyl (C=O) groups excluding carboxylic acids is 3. The van der Waals surface area contributed by atoms with Crippen molar-refractivity contribution in [1.82, 2.24) is 0 Å². The highest BCUT2D eigenvalue weighted by atomic mass is 16.6. The fourth-order valence-electron chi connectivity index (χ4n) is 7.97. The number of allylic oxidation sites excluding steroid dienone is 2. The standard InChI is InChI=1S/C54H102O6/c1-4-7-10-13-16-19-22-25-27-28-30-32-35-38-41-44-47-53(56)59-50-51(49-58-52(55)46-43-40-37-34-31-24-21-18-15-12-9-6-3)60-54(57)48-45-42-39-36-33-29-26-23-20-17-14-11-8-5-2/h27-28,51H,4-26,29-50H2,1-3H3/b28-27-. The molecule has 0 amide bonds. The zero-order valence-electron chi connectivity index (χ0n) is 40.5. The Balaban J connectivity index is 4.33. The molecule has 0 saturated carbocycles. The largest absolute Gasteiger partial charge is 0.462 e. The molecule has 1 unspecified atom stereocenters. The van der Waals surface area contributed by atoms with E-state index in [4.69, 9.17) is 14.2 Å². The van der Waals surface area contributed by atoms with Gasteiger partial charge in [0, 0.05) is 19.3 Å². The molecule has 354 valence electrons. The van der Waals surface area contributed by atoms with Crippen LogP contribution in [0.15, 0.2) is 12.2 Å². The molecule has 0 N–H and O–H groups in total. The predicted octanol–water partition coefficient (Wildman–Crippen LogP) is 17.4. The van der Waals surface area contributed by atoms with Crippen LogP contribution in [0.2, 0.25) is 0 Å². The summed E-state index contributed by atoms with van der Waals surface area (Å²) < 4.78 is 16.8. The maximum atomic E-state index is 12.8. The third-order valence-corrected chi connectivity index (χ3v) is 12.0. The Morgan fingerprint density at radius 2 is 0.550 bits per heavy atom. The summed E-state index contributed by atoms with van der Waals surface area (Å²) in [6.07, 6.45) is 54.8. The number of unbranched alkanes of at least 4 members (excludes halogenated alkanes) is 36. The maximum Gasteiger partial charge on any atom is 0.306 e. The number of carbonyl (C=O) groups is 3. The monoisotopic (exact) mass is 847 g/mol. The van der Waals surface area contributed by atoms with E-state index in [1.165, 1.54) is 193 Å². The smallest absolute Gasteiger partial charge is 0.306 e. The fourth-order valence-corrected chi connectivity index (χ4v) is 7.97. The van der Waals surface area contributed by atoms with E-state index in [1.54, 1.807) is 0 Å². The summed E-state index contributed by atoms with van der Waals surface area (Å²) in [4.78, 5) is 38.0. The van der Waals surface area contributed by atoms with Crippen molar-refractivity contribution in [1.29, 1.82) is 0 Å². The first-order valence-corrected chi connectivity index (χ1v) is 26.7. The zero-order valence-corrected chi connectivity index (χ0v) is 40.5. The SMILES string of the molecule is CCCCCCCCC/C=C\CCCCCCCC(=O)OCC(COC(=O)CCCCCCCCCCCCCC)OC(=O)CCCCCCCCCCCCCCCC. The van der Waals surface area contributed by atoms with Gasteiger partial charge < -0.3 is 14.2 Å². The van der Waals surface area contributed by atoms with Gasteiger partial charge in [-0.2, -0.15) is 0 Å². The first-order chi connectivity index (χ1) is 29.5. The van der Waals surface area contributed by atoms with Crippen LogP contribution < -0.4 is 0 Å². The maximum absolute atomic E-state index is 12.8. The van der Waals surface area contributed by atoms with Crippen molar-refractivity contribution in [3.63, 3.8) is 0 Å². The first kappa shape index (κ1) is 58.1. The molecule has 60 heavy (non-hydrogen) atoms. The van der Waals surface area contributed by atoms with Gasteiger partial charge in [-0.3, -0.25) is 14.4 Å². The van der Waals surface area contributed by atoms with E-state index in [2.05, 4.69) is 32.9 Å². The summed E-state index contributed by atoms with van der Waals surface area (Å²) in [7, 11) is 0. The Hall–Kier alpha value is -1.85. The number of ether oxygens (including phenoxy) is 3. The van der Waals surface area contributed by atoms with Crippen LogP contribution in [0.5, 0.6) is 0 Å². The minimum Gasteiger partial charge on any atom is -0.462 e. The van der Waals surface area contributed by atoms with Gasteiger partial charge in [-0.15, -0.1) is 0 Å².